The second-order valence-electron chi connectivity index (χ2n) is 15.3. The van der Waals surface area contributed by atoms with E-state index in [4.69, 9.17) is 5.73 Å². The maximum Gasteiger partial charge on any atom is 0.303 e. The van der Waals surface area contributed by atoms with Crippen molar-refractivity contribution in [2.75, 3.05) is 47.0 Å². The van der Waals surface area contributed by atoms with E-state index < -0.39 is 135 Å². The van der Waals surface area contributed by atoms with Crippen LogP contribution < -0.4 is 59.1 Å². The number of aldehydes is 1. The van der Waals surface area contributed by atoms with Crippen molar-refractivity contribution in [1.29, 1.82) is 0 Å². The van der Waals surface area contributed by atoms with Gasteiger partial charge in [-0.15, -0.1) is 0 Å². The number of hydrogen-bond donors (Lipinski definition) is 16. The van der Waals surface area contributed by atoms with Crippen LogP contribution in [0.15, 0.2) is 30.3 Å². The molecule has 0 fully saturated rings. The molecule has 0 aliphatic carbocycles. The number of carboxylic acid groups (broad SMARTS) is 1. The SMILES string of the molecule is CCNC.CNC(CCCCNN[C@@H](Cc1ccccc1)C(=O)NC(CO)C(=O)N[C@@H](CCC(=O)O)C(=O)NC(CO)C(=O)N[C@H](C(=O)NC(CC(N)=O)C(=O)N[C@H](C=O)CO)[C@@H](C)O)C(C)=O. The molecule has 26 nitrogen and oxygen atoms in total. The minimum atomic E-state index is -1.92. The molecular weight excluding hydrogens is 899 g/mol. The van der Waals surface area contributed by atoms with Gasteiger partial charge in [0.1, 0.15) is 54.4 Å². The number of carboxylic acids is 1. The van der Waals surface area contributed by atoms with E-state index in [1.165, 1.54) is 6.92 Å². The number of rotatable bonds is 34. The lowest BCUT2D eigenvalue weighted by Crippen LogP contribution is -2.62. The number of hydrazine groups is 1. The Morgan fingerprint density at radius 1 is 0.676 bits per heavy atom. The maximum absolute atomic E-state index is 13.5. The first-order chi connectivity index (χ1) is 32.2. The van der Waals surface area contributed by atoms with Gasteiger partial charge in [-0.1, -0.05) is 43.7 Å². The van der Waals surface area contributed by atoms with E-state index in [9.17, 15) is 73.5 Å². The second kappa shape index (κ2) is 35.2. The molecule has 4 unspecified atom stereocenters. The number of amides is 7. The molecule has 384 valence electrons. The molecule has 17 N–H and O–H groups in total. The number of benzene rings is 1. The Balaban J connectivity index is 0.0000108. The zero-order chi connectivity index (χ0) is 51.8. The van der Waals surface area contributed by atoms with Crippen molar-refractivity contribution in [3.63, 3.8) is 0 Å². The summed E-state index contributed by atoms with van der Waals surface area (Å²) in [4.78, 5) is 125. The van der Waals surface area contributed by atoms with Gasteiger partial charge < -0.3 is 78.6 Å². The lowest BCUT2D eigenvalue weighted by atomic mass is 10.0. The molecule has 0 aromatic heterocycles. The summed E-state index contributed by atoms with van der Waals surface area (Å²) >= 11 is 0. The molecule has 1 aromatic rings. The largest absolute Gasteiger partial charge is 0.481 e. The smallest absolute Gasteiger partial charge is 0.303 e. The van der Waals surface area contributed by atoms with Crippen molar-refractivity contribution in [2.45, 2.75) is 120 Å². The molecule has 0 saturated carbocycles. The second-order valence-corrected chi connectivity index (χ2v) is 15.3. The Labute approximate surface area is 394 Å². The predicted octanol–water partition coefficient (Wildman–Crippen LogP) is -6.53. The minimum absolute atomic E-state index is 0.00514. The minimum Gasteiger partial charge on any atom is -0.481 e. The van der Waals surface area contributed by atoms with Crippen LogP contribution >= 0.6 is 0 Å². The number of likely N-dealkylation sites (N-methyl/N-ethyl adjacent to an activating group) is 1. The Kier molecular flexibility index (Phi) is 32.1. The van der Waals surface area contributed by atoms with E-state index in [2.05, 4.69) is 60.3 Å². The molecule has 0 heterocycles. The average Bonchev–Trinajstić information content (AvgIpc) is 3.30. The molecular formula is C42H71N11O15. The Bertz CT molecular complexity index is 1760. The Morgan fingerprint density at radius 2 is 1.19 bits per heavy atom. The fourth-order valence-electron chi connectivity index (χ4n) is 5.85. The number of carbonyl (C=O) groups excluding carboxylic acids is 9. The van der Waals surface area contributed by atoms with Crippen LogP contribution in [0.5, 0.6) is 0 Å². The molecule has 68 heavy (non-hydrogen) atoms. The van der Waals surface area contributed by atoms with Crippen molar-refractivity contribution in [1.82, 2.24) is 53.4 Å². The first-order valence-electron chi connectivity index (χ1n) is 21.9. The van der Waals surface area contributed by atoms with Gasteiger partial charge in [-0.05, 0) is 65.7 Å². The molecule has 0 spiro atoms. The van der Waals surface area contributed by atoms with E-state index in [0.717, 1.165) is 19.0 Å². The van der Waals surface area contributed by atoms with Crippen molar-refractivity contribution in [3.05, 3.63) is 35.9 Å². The molecule has 0 bridgehead atoms. The van der Waals surface area contributed by atoms with E-state index in [0.29, 0.717) is 25.8 Å². The van der Waals surface area contributed by atoms with Crippen LogP contribution in [-0.2, 0) is 54.4 Å². The van der Waals surface area contributed by atoms with Crippen LogP contribution in [0.2, 0.25) is 0 Å². The number of aliphatic carboxylic acids is 1. The van der Waals surface area contributed by atoms with Crippen LogP contribution in [0.1, 0.15) is 64.9 Å². The van der Waals surface area contributed by atoms with E-state index >= 15 is 0 Å². The van der Waals surface area contributed by atoms with Gasteiger partial charge in [-0.3, -0.25) is 48.6 Å². The number of ketones is 1. The molecule has 1 aromatic carbocycles. The first-order valence-corrected chi connectivity index (χ1v) is 21.9. The molecule has 0 aliphatic heterocycles. The third-order valence-corrected chi connectivity index (χ3v) is 9.81. The molecule has 0 radical (unpaired) electrons. The number of Topliss-reactive ketones (excluding diaryl/α,β-unsaturated/α-hetero) is 1. The lowest BCUT2D eigenvalue weighted by Gasteiger charge is -2.27. The number of carbonyl (C=O) groups is 10. The van der Waals surface area contributed by atoms with Gasteiger partial charge in [-0.2, -0.15) is 0 Å². The number of primary amides is 1. The zero-order valence-corrected chi connectivity index (χ0v) is 39.0. The quantitative estimate of drug-likeness (QED) is 0.0173. The molecule has 7 amide bonds. The highest BCUT2D eigenvalue weighted by Crippen LogP contribution is 2.07. The fraction of sp³-hybridized carbons (Fsp3) is 0.619. The third kappa shape index (κ3) is 25.2. The van der Waals surface area contributed by atoms with Gasteiger partial charge in [-0.25, -0.2) is 5.43 Å². The summed E-state index contributed by atoms with van der Waals surface area (Å²) in [5.74, 6) is -9.32. The van der Waals surface area contributed by atoms with Crippen LogP contribution in [0.4, 0.5) is 0 Å². The van der Waals surface area contributed by atoms with Gasteiger partial charge in [0.25, 0.3) is 0 Å². The Morgan fingerprint density at radius 3 is 1.66 bits per heavy atom. The van der Waals surface area contributed by atoms with Crippen molar-refractivity contribution in [3.8, 4) is 0 Å². The number of nitrogens with two attached hydrogens (primary N) is 1. The maximum atomic E-state index is 13.5. The summed E-state index contributed by atoms with van der Waals surface area (Å²) in [6.45, 7) is 3.10. The van der Waals surface area contributed by atoms with Gasteiger partial charge >= 0.3 is 5.97 Å². The summed E-state index contributed by atoms with van der Waals surface area (Å²) in [5, 5.41) is 67.8. The van der Waals surface area contributed by atoms with E-state index in [1.54, 1.807) is 37.4 Å². The lowest BCUT2D eigenvalue weighted by molar-refractivity contribution is -0.139. The van der Waals surface area contributed by atoms with Crippen LogP contribution in [0, 0.1) is 0 Å². The topological polar surface area (TPSA) is 418 Å². The average molecular weight is 970 g/mol. The van der Waals surface area contributed by atoms with Gasteiger partial charge in [0.15, 0.2) is 0 Å². The van der Waals surface area contributed by atoms with Gasteiger partial charge in [0.05, 0.1) is 38.4 Å². The number of aliphatic hydroxyl groups is 4. The summed E-state index contributed by atoms with van der Waals surface area (Å²) in [6, 6.07) is -2.94. The first kappa shape index (κ1) is 62.0. The number of nitrogens with one attached hydrogen (secondary N) is 10. The van der Waals surface area contributed by atoms with Gasteiger partial charge in [0.2, 0.25) is 41.4 Å². The van der Waals surface area contributed by atoms with Gasteiger partial charge in [0, 0.05) is 13.0 Å². The van der Waals surface area contributed by atoms with Crippen molar-refractivity contribution >= 4 is 59.4 Å². The van der Waals surface area contributed by atoms with E-state index in [-0.39, 0.29) is 24.5 Å². The number of hydrogen-bond acceptors (Lipinski definition) is 18. The molecule has 1 rings (SSSR count). The summed E-state index contributed by atoms with van der Waals surface area (Å²) in [7, 11) is 3.62. The van der Waals surface area contributed by atoms with Crippen LogP contribution in [-0.4, -0.2) is 186 Å². The number of aliphatic hydroxyl groups excluding tert-OH is 4. The summed E-state index contributed by atoms with van der Waals surface area (Å²) in [6.07, 6.45) is -1.64. The van der Waals surface area contributed by atoms with E-state index in [1.807, 2.05) is 7.05 Å². The molecule has 0 aliphatic rings. The summed E-state index contributed by atoms with van der Waals surface area (Å²) < 4.78 is 0. The summed E-state index contributed by atoms with van der Waals surface area (Å²) in [5.41, 5.74) is 11.8. The zero-order valence-electron chi connectivity index (χ0n) is 39.0. The highest BCUT2D eigenvalue weighted by atomic mass is 16.4. The standard InChI is InChI=1S/C39H62N10O15.C3H9N/c1-21(54)25(41-3)11-7-8-14-42-49-28(15-23-9-5-4-6-10-23)36(61)47-29(19-52)37(62)44-26(12-13-32(57)58)34(59)46-30(20-53)38(63)48-33(22(2)55)39(64)45-27(16-31(40)56)35(60)43-24(17-50)18-51;1-3-4-2/h4-6,9-10,17,22,24-30,33,41-42,49,51-53,55H,7-8,11-16,18-20H2,1-3H3,(H2,40,56)(H,43,60)(H,44,62)(H,45,64)(H,46,59)(H,47,61)(H,48,63)(H,57,58);4H,3H2,1-2H3/t22-,24-,25?,26+,27?,28+,29?,30?,33+;/m1./s1. The van der Waals surface area contributed by atoms with Crippen LogP contribution in [0.3, 0.4) is 0 Å². The Hall–Kier alpha value is -6.00. The normalized spacial score (nSPS) is 14.8. The molecule has 26 heteroatoms. The molecule has 0 saturated heterocycles. The third-order valence-electron chi connectivity index (χ3n) is 9.81. The van der Waals surface area contributed by atoms with Crippen LogP contribution in [0.25, 0.3) is 0 Å². The highest BCUT2D eigenvalue weighted by molar-refractivity contribution is 5.98. The molecule has 9 atom stereocenters. The number of unbranched alkanes of at least 4 members (excludes halogenated alkanes) is 1. The predicted molar refractivity (Wildman–Crippen MR) is 243 cm³/mol. The highest BCUT2D eigenvalue weighted by Gasteiger charge is 2.35. The van der Waals surface area contributed by atoms with Crippen molar-refractivity contribution in [2.24, 2.45) is 5.73 Å². The monoisotopic (exact) mass is 970 g/mol. The van der Waals surface area contributed by atoms with Crippen molar-refractivity contribution < 1.29 is 73.5 Å². The fourth-order valence-corrected chi connectivity index (χ4v) is 5.85.